The van der Waals surface area contributed by atoms with Crippen LogP contribution >= 0.6 is 22.9 Å². The number of rotatable bonds is 6. The number of nitrogens with zero attached hydrogens (tertiary/aromatic N) is 3. The molecule has 0 fully saturated rings. The molecule has 0 spiro atoms. The molecule has 2 aromatic carbocycles. The van der Waals surface area contributed by atoms with E-state index in [-0.39, 0.29) is 5.69 Å². The summed E-state index contributed by atoms with van der Waals surface area (Å²) >= 11 is 7.14. The number of halogens is 1. The summed E-state index contributed by atoms with van der Waals surface area (Å²) in [5, 5.41) is 23.2. The van der Waals surface area contributed by atoms with E-state index >= 15 is 0 Å². The van der Waals surface area contributed by atoms with Crippen molar-refractivity contribution in [1.82, 2.24) is 10.2 Å². The van der Waals surface area contributed by atoms with Crippen molar-refractivity contribution in [3.8, 4) is 0 Å². The normalized spacial score (nSPS) is 10.9. The minimum atomic E-state index is -0.485. The number of benzene rings is 2. The number of nitrogens with one attached hydrogen (secondary N) is 1. The van der Waals surface area contributed by atoms with Crippen LogP contribution in [0.4, 0.5) is 10.8 Å². The van der Waals surface area contributed by atoms with Crippen molar-refractivity contribution >= 4 is 45.7 Å². The summed E-state index contributed by atoms with van der Waals surface area (Å²) in [6.07, 6.45) is 3.38. The zero-order chi connectivity index (χ0) is 19.2. The number of amides is 1. The Labute approximate surface area is 163 Å². The average Bonchev–Trinajstić information content (AvgIpc) is 3.09. The summed E-state index contributed by atoms with van der Waals surface area (Å²) in [5.41, 5.74) is 1.56. The first-order valence-electron chi connectivity index (χ1n) is 7.80. The summed E-state index contributed by atoms with van der Waals surface area (Å²) in [5.74, 6) is -0.393. The maximum atomic E-state index is 12.0. The van der Waals surface area contributed by atoms with Crippen molar-refractivity contribution < 1.29 is 9.72 Å². The first-order chi connectivity index (χ1) is 13.0. The van der Waals surface area contributed by atoms with Gasteiger partial charge in [0.05, 0.1) is 4.92 Å². The maximum absolute atomic E-state index is 12.0. The molecular formula is C18H13ClN4O3S. The molecule has 0 atom stereocenters. The van der Waals surface area contributed by atoms with Crippen LogP contribution in [0.3, 0.4) is 0 Å². The van der Waals surface area contributed by atoms with Crippen LogP contribution in [0.5, 0.6) is 0 Å². The third kappa shape index (κ3) is 5.44. The Bertz CT molecular complexity index is 1000. The van der Waals surface area contributed by atoms with Gasteiger partial charge in [0.1, 0.15) is 5.01 Å². The number of aromatic nitrogens is 2. The summed E-state index contributed by atoms with van der Waals surface area (Å²) in [6.45, 7) is 0. The van der Waals surface area contributed by atoms with Gasteiger partial charge in [-0.25, -0.2) is 0 Å². The number of carbonyl (C=O) groups excluding carboxylic acids is 1. The molecule has 3 aromatic rings. The molecule has 0 bridgehead atoms. The van der Waals surface area contributed by atoms with Gasteiger partial charge >= 0.3 is 0 Å². The summed E-state index contributed by atoms with van der Waals surface area (Å²) < 4.78 is 0. The number of nitro benzene ring substituents is 1. The SMILES string of the molecule is O=C(C=Cc1cccc([N+](=O)[O-])c1)Nc1nnc(Cc2ccc(Cl)cc2)s1. The molecule has 0 unspecified atom stereocenters. The van der Waals surface area contributed by atoms with Gasteiger partial charge in [-0.05, 0) is 29.3 Å². The smallest absolute Gasteiger partial charge is 0.270 e. The first-order valence-corrected chi connectivity index (χ1v) is 8.99. The van der Waals surface area contributed by atoms with Gasteiger partial charge in [0.25, 0.3) is 5.69 Å². The van der Waals surface area contributed by atoms with E-state index in [1.807, 2.05) is 12.1 Å². The highest BCUT2D eigenvalue weighted by Gasteiger charge is 2.08. The summed E-state index contributed by atoms with van der Waals surface area (Å²) in [6, 6.07) is 13.4. The number of hydrogen-bond acceptors (Lipinski definition) is 6. The molecule has 1 aromatic heterocycles. The molecule has 7 nitrogen and oxygen atoms in total. The lowest BCUT2D eigenvalue weighted by Gasteiger charge is -1.97. The second-order valence-electron chi connectivity index (χ2n) is 5.48. The molecule has 0 aliphatic heterocycles. The van der Waals surface area contributed by atoms with Crippen LogP contribution < -0.4 is 5.32 Å². The van der Waals surface area contributed by atoms with Crippen molar-refractivity contribution in [1.29, 1.82) is 0 Å². The van der Waals surface area contributed by atoms with Crippen LogP contribution in [0.1, 0.15) is 16.1 Å². The highest BCUT2D eigenvalue weighted by atomic mass is 35.5. The molecule has 9 heteroatoms. The van der Waals surface area contributed by atoms with Crippen LogP contribution in [0, 0.1) is 10.1 Å². The minimum absolute atomic E-state index is 0.0338. The molecule has 1 amide bonds. The summed E-state index contributed by atoms with van der Waals surface area (Å²) in [7, 11) is 0. The lowest BCUT2D eigenvalue weighted by atomic mass is 10.2. The highest BCUT2D eigenvalue weighted by Crippen LogP contribution is 2.20. The quantitative estimate of drug-likeness (QED) is 0.377. The maximum Gasteiger partial charge on any atom is 0.270 e. The fourth-order valence-corrected chi connectivity index (χ4v) is 3.12. The van der Waals surface area contributed by atoms with E-state index < -0.39 is 10.8 Å². The van der Waals surface area contributed by atoms with E-state index in [0.29, 0.717) is 22.1 Å². The Kier molecular flexibility index (Phi) is 5.90. The Morgan fingerprint density at radius 2 is 2.00 bits per heavy atom. The lowest BCUT2D eigenvalue weighted by Crippen LogP contribution is -2.07. The Balaban J connectivity index is 1.59. The Hall–Kier alpha value is -3.10. The number of non-ortho nitro benzene ring substituents is 1. The van der Waals surface area contributed by atoms with Crippen molar-refractivity contribution in [3.63, 3.8) is 0 Å². The number of anilines is 1. The van der Waals surface area contributed by atoms with Gasteiger partial charge in [-0.3, -0.25) is 20.2 Å². The van der Waals surface area contributed by atoms with Gasteiger partial charge in [-0.15, -0.1) is 10.2 Å². The third-order valence-corrected chi connectivity index (χ3v) is 4.56. The van der Waals surface area contributed by atoms with Crippen molar-refractivity contribution in [3.05, 3.63) is 85.9 Å². The summed E-state index contributed by atoms with van der Waals surface area (Å²) in [4.78, 5) is 22.3. The van der Waals surface area contributed by atoms with Crippen molar-refractivity contribution in [2.24, 2.45) is 0 Å². The second-order valence-corrected chi connectivity index (χ2v) is 6.98. The number of nitro groups is 1. The largest absolute Gasteiger partial charge is 0.297 e. The lowest BCUT2D eigenvalue weighted by molar-refractivity contribution is -0.384. The fraction of sp³-hybridized carbons (Fsp3) is 0.0556. The number of hydrogen-bond donors (Lipinski definition) is 1. The van der Waals surface area contributed by atoms with E-state index in [0.717, 1.165) is 10.6 Å². The number of carbonyl (C=O) groups is 1. The van der Waals surface area contributed by atoms with E-state index in [4.69, 9.17) is 11.6 Å². The zero-order valence-electron chi connectivity index (χ0n) is 13.8. The van der Waals surface area contributed by atoms with Crippen LogP contribution in [0.2, 0.25) is 5.02 Å². The third-order valence-electron chi connectivity index (χ3n) is 3.47. The molecule has 3 rings (SSSR count). The molecular weight excluding hydrogens is 388 g/mol. The topological polar surface area (TPSA) is 98.0 Å². The molecule has 1 heterocycles. The van der Waals surface area contributed by atoms with E-state index in [2.05, 4.69) is 15.5 Å². The van der Waals surface area contributed by atoms with Crippen LogP contribution in [0.15, 0.2) is 54.6 Å². The average molecular weight is 401 g/mol. The molecule has 0 saturated carbocycles. The van der Waals surface area contributed by atoms with E-state index in [1.165, 1.54) is 35.6 Å². The van der Waals surface area contributed by atoms with Crippen LogP contribution in [-0.2, 0) is 11.2 Å². The molecule has 0 saturated heterocycles. The van der Waals surface area contributed by atoms with Gasteiger partial charge in [-0.2, -0.15) is 0 Å². The molecule has 1 N–H and O–H groups in total. The second kappa shape index (κ2) is 8.52. The zero-order valence-corrected chi connectivity index (χ0v) is 15.4. The predicted molar refractivity (Wildman–Crippen MR) is 105 cm³/mol. The van der Waals surface area contributed by atoms with Crippen molar-refractivity contribution in [2.45, 2.75) is 6.42 Å². The van der Waals surface area contributed by atoms with E-state index in [1.54, 1.807) is 24.3 Å². The van der Waals surface area contributed by atoms with Crippen LogP contribution in [-0.4, -0.2) is 21.0 Å². The van der Waals surface area contributed by atoms with Crippen molar-refractivity contribution in [2.75, 3.05) is 5.32 Å². The van der Waals surface area contributed by atoms with E-state index in [9.17, 15) is 14.9 Å². The minimum Gasteiger partial charge on any atom is -0.297 e. The van der Waals surface area contributed by atoms with Gasteiger partial charge in [-0.1, -0.05) is 47.2 Å². The highest BCUT2D eigenvalue weighted by molar-refractivity contribution is 7.15. The molecule has 0 aliphatic carbocycles. The molecule has 136 valence electrons. The van der Waals surface area contributed by atoms with Crippen LogP contribution in [0.25, 0.3) is 6.08 Å². The monoisotopic (exact) mass is 400 g/mol. The molecule has 0 aliphatic rings. The molecule has 0 radical (unpaired) electrons. The van der Waals surface area contributed by atoms with Gasteiger partial charge in [0, 0.05) is 29.7 Å². The standard InChI is InChI=1S/C18H13ClN4O3S/c19-14-7-4-13(5-8-14)11-17-21-22-18(27-17)20-16(24)9-6-12-2-1-3-15(10-12)23(25)26/h1-10H,11H2,(H,20,22,24). The Morgan fingerprint density at radius 3 is 2.74 bits per heavy atom. The Morgan fingerprint density at radius 1 is 1.22 bits per heavy atom. The fourth-order valence-electron chi connectivity index (χ4n) is 2.21. The molecule has 27 heavy (non-hydrogen) atoms. The van der Waals surface area contributed by atoms with Gasteiger partial charge in [0.2, 0.25) is 11.0 Å². The predicted octanol–water partition coefficient (Wildman–Crippen LogP) is 4.34. The van der Waals surface area contributed by atoms with Gasteiger partial charge < -0.3 is 0 Å². The first kappa shape index (κ1) is 18.7. The van der Waals surface area contributed by atoms with Gasteiger partial charge in [0.15, 0.2) is 0 Å².